The highest BCUT2D eigenvalue weighted by molar-refractivity contribution is 5.84. The van der Waals surface area contributed by atoms with Crippen LogP contribution in [0.2, 0.25) is 0 Å². The van der Waals surface area contributed by atoms with E-state index in [4.69, 9.17) is 4.74 Å². The summed E-state index contributed by atoms with van der Waals surface area (Å²) in [5, 5.41) is 0. The lowest BCUT2D eigenvalue weighted by Crippen LogP contribution is -2.62. The average Bonchev–Trinajstić information content (AvgIpc) is 3.08. The Balaban J connectivity index is 1.40. The first-order valence-corrected chi connectivity index (χ1v) is 10.2. The first-order chi connectivity index (χ1) is 13.0. The van der Waals surface area contributed by atoms with E-state index in [2.05, 4.69) is 14.9 Å². The first-order valence-electron chi connectivity index (χ1n) is 10.2. The highest BCUT2D eigenvalue weighted by Crippen LogP contribution is 2.45. The molecule has 146 valence electrons. The molecule has 0 unspecified atom stereocenters. The van der Waals surface area contributed by atoms with E-state index in [-0.39, 0.29) is 22.8 Å². The topological polar surface area (TPSA) is 78.5 Å². The van der Waals surface area contributed by atoms with Crippen molar-refractivity contribution in [1.29, 1.82) is 0 Å². The number of aromatic amines is 1. The van der Waals surface area contributed by atoms with Crippen LogP contribution in [0.25, 0.3) is 0 Å². The molecule has 1 N–H and O–H groups in total. The van der Waals surface area contributed by atoms with Crippen molar-refractivity contribution in [3.05, 3.63) is 17.7 Å². The molecule has 4 heterocycles. The Labute approximate surface area is 159 Å². The molecule has 2 amide bonds. The number of rotatable bonds is 2. The van der Waals surface area contributed by atoms with Crippen LogP contribution in [0.5, 0.6) is 0 Å². The molecule has 3 fully saturated rings. The second-order valence-corrected chi connectivity index (χ2v) is 8.97. The van der Waals surface area contributed by atoms with Crippen LogP contribution in [0.3, 0.4) is 0 Å². The van der Waals surface area contributed by atoms with Crippen LogP contribution in [0.4, 0.5) is 0 Å². The summed E-state index contributed by atoms with van der Waals surface area (Å²) in [5.74, 6) is 0.681. The van der Waals surface area contributed by atoms with Crippen LogP contribution < -0.4 is 0 Å². The van der Waals surface area contributed by atoms with Crippen molar-refractivity contribution in [2.75, 3.05) is 32.8 Å². The number of amides is 2. The molecule has 0 aromatic carbocycles. The molecule has 0 atom stereocenters. The normalized spacial score (nSPS) is 26.3. The fourth-order valence-electron chi connectivity index (χ4n) is 5.17. The van der Waals surface area contributed by atoms with Gasteiger partial charge in [0.1, 0.15) is 0 Å². The largest absolute Gasteiger partial charge is 0.379 e. The van der Waals surface area contributed by atoms with Crippen molar-refractivity contribution >= 4 is 11.8 Å². The monoisotopic (exact) mass is 372 g/mol. The van der Waals surface area contributed by atoms with E-state index in [0.717, 1.165) is 56.5 Å². The molecule has 3 aliphatic heterocycles. The lowest BCUT2D eigenvalue weighted by atomic mass is 9.75. The van der Waals surface area contributed by atoms with Gasteiger partial charge in [0.2, 0.25) is 11.8 Å². The van der Waals surface area contributed by atoms with Crippen molar-refractivity contribution in [3.63, 3.8) is 0 Å². The Kier molecular flexibility index (Phi) is 3.86. The molecule has 0 radical (unpaired) electrons. The summed E-state index contributed by atoms with van der Waals surface area (Å²) < 4.78 is 5.27. The predicted molar refractivity (Wildman–Crippen MR) is 97.8 cm³/mol. The Bertz CT molecular complexity index is 757. The number of H-pyrrole nitrogens is 1. The minimum atomic E-state index is -0.365. The first kappa shape index (κ1) is 17.2. The summed E-state index contributed by atoms with van der Waals surface area (Å²) in [6.07, 6.45) is 7.33. The van der Waals surface area contributed by atoms with Gasteiger partial charge in [-0.05, 0) is 32.6 Å². The van der Waals surface area contributed by atoms with Gasteiger partial charge in [-0.3, -0.25) is 9.59 Å². The summed E-state index contributed by atoms with van der Waals surface area (Å²) in [7, 11) is 0. The van der Waals surface area contributed by atoms with Gasteiger partial charge in [-0.2, -0.15) is 0 Å². The van der Waals surface area contributed by atoms with Gasteiger partial charge in [-0.25, -0.2) is 4.98 Å². The number of piperidine rings is 1. The van der Waals surface area contributed by atoms with Crippen molar-refractivity contribution in [2.45, 2.75) is 51.0 Å². The number of nitrogens with zero attached hydrogens (tertiary/aromatic N) is 3. The standard InChI is InChI=1S/C20H28N4O3/c1-19(11-27-12-19)18(26)23-9-6-20(7-10-23)16-15(21-13-22-16)5-8-24(20)17(25)14-3-2-4-14/h13-14H,2-12H2,1H3,(H,21,22). The van der Waals surface area contributed by atoms with Crippen LogP contribution >= 0.6 is 0 Å². The van der Waals surface area contributed by atoms with Gasteiger partial charge in [0.05, 0.1) is 36.2 Å². The lowest BCUT2D eigenvalue weighted by molar-refractivity contribution is -0.172. The SMILES string of the molecule is CC1(C(=O)N2CCC3(CC2)c2nc[nH]c2CCN3C(=O)C2CCC2)COC1. The highest BCUT2D eigenvalue weighted by Gasteiger charge is 2.52. The number of likely N-dealkylation sites (tertiary alicyclic amines) is 1. The molecule has 1 aromatic heterocycles. The number of carbonyl (C=O) groups is 2. The summed E-state index contributed by atoms with van der Waals surface area (Å²) in [6.45, 7) is 5.13. The molecule has 0 bridgehead atoms. The molecular formula is C20H28N4O3. The smallest absolute Gasteiger partial charge is 0.233 e. The number of carbonyl (C=O) groups excluding carboxylic acids is 2. The van der Waals surface area contributed by atoms with Crippen LogP contribution in [-0.4, -0.2) is 64.4 Å². The fourth-order valence-corrected chi connectivity index (χ4v) is 5.17. The molecule has 1 aliphatic carbocycles. The summed E-state index contributed by atoms with van der Waals surface area (Å²) in [4.78, 5) is 38.1. The number of aromatic nitrogens is 2. The predicted octanol–water partition coefficient (Wildman–Crippen LogP) is 1.45. The Morgan fingerprint density at radius 1 is 1.22 bits per heavy atom. The zero-order valence-electron chi connectivity index (χ0n) is 16.0. The Morgan fingerprint density at radius 3 is 2.56 bits per heavy atom. The molecule has 7 heteroatoms. The fraction of sp³-hybridized carbons (Fsp3) is 0.750. The Morgan fingerprint density at radius 2 is 1.96 bits per heavy atom. The maximum Gasteiger partial charge on any atom is 0.233 e. The number of ether oxygens (including phenoxy) is 1. The number of hydrogen-bond acceptors (Lipinski definition) is 4. The zero-order chi connectivity index (χ0) is 18.6. The summed E-state index contributed by atoms with van der Waals surface area (Å²) >= 11 is 0. The van der Waals surface area contributed by atoms with Crippen molar-refractivity contribution < 1.29 is 14.3 Å². The van der Waals surface area contributed by atoms with Crippen LogP contribution in [-0.2, 0) is 26.3 Å². The van der Waals surface area contributed by atoms with E-state index in [9.17, 15) is 9.59 Å². The van der Waals surface area contributed by atoms with Gasteiger partial charge < -0.3 is 19.5 Å². The number of hydrogen-bond donors (Lipinski definition) is 1. The molecular weight excluding hydrogens is 344 g/mol. The van der Waals surface area contributed by atoms with Crippen LogP contribution in [0.1, 0.15) is 50.4 Å². The van der Waals surface area contributed by atoms with Gasteiger partial charge in [-0.1, -0.05) is 6.42 Å². The number of nitrogens with one attached hydrogen (secondary N) is 1. The third kappa shape index (κ3) is 2.47. The lowest BCUT2D eigenvalue weighted by Gasteiger charge is -2.53. The van der Waals surface area contributed by atoms with E-state index >= 15 is 0 Å². The molecule has 1 spiro atoms. The second-order valence-electron chi connectivity index (χ2n) is 8.97. The number of fused-ring (bicyclic) bond motifs is 2. The van der Waals surface area contributed by atoms with E-state index in [1.54, 1.807) is 6.33 Å². The third-order valence-corrected chi connectivity index (χ3v) is 7.22. The number of imidazole rings is 1. The van der Waals surface area contributed by atoms with E-state index in [0.29, 0.717) is 32.2 Å². The minimum absolute atomic E-state index is 0.188. The molecule has 5 rings (SSSR count). The van der Waals surface area contributed by atoms with Gasteiger partial charge in [0, 0.05) is 37.7 Å². The average molecular weight is 372 g/mol. The molecule has 4 aliphatic rings. The van der Waals surface area contributed by atoms with Gasteiger partial charge in [0.15, 0.2) is 0 Å². The van der Waals surface area contributed by atoms with Crippen LogP contribution in [0.15, 0.2) is 6.33 Å². The summed E-state index contributed by atoms with van der Waals surface area (Å²) in [5.41, 5.74) is 1.47. The van der Waals surface area contributed by atoms with Gasteiger partial charge in [0.25, 0.3) is 0 Å². The van der Waals surface area contributed by atoms with Crippen molar-refractivity contribution in [1.82, 2.24) is 19.8 Å². The molecule has 1 aromatic rings. The van der Waals surface area contributed by atoms with Crippen LogP contribution in [0, 0.1) is 11.3 Å². The van der Waals surface area contributed by atoms with E-state index in [1.165, 1.54) is 0 Å². The minimum Gasteiger partial charge on any atom is -0.379 e. The third-order valence-electron chi connectivity index (χ3n) is 7.22. The zero-order valence-corrected chi connectivity index (χ0v) is 16.0. The maximum atomic E-state index is 13.2. The van der Waals surface area contributed by atoms with Crippen molar-refractivity contribution in [2.24, 2.45) is 11.3 Å². The maximum absolute atomic E-state index is 13.2. The highest BCUT2D eigenvalue weighted by atomic mass is 16.5. The molecule has 1 saturated carbocycles. The molecule has 2 saturated heterocycles. The van der Waals surface area contributed by atoms with E-state index < -0.39 is 0 Å². The quantitative estimate of drug-likeness (QED) is 0.852. The second kappa shape index (κ2) is 6.06. The van der Waals surface area contributed by atoms with Gasteiger partial charge in [-0.15, -0.1) is 0 Å². The Hall–Kier alpha value is -1.89. The summed E-state index contributed by atoms with van der Waals surface area (Å²) in [6, 6.07) is 0. The van der Waals surface area contributed by atoms with Gasteiger partial charge >= 0.3 is 0 Å². The van der Waals surface area contributed by atoms with E-state index in [1.807, 2.05) is 11.8 Å². The van der Waals surface area contributed by atoms with Crippen molar-refractivity contribution in [3.8, 4) is 0 Å². The molecule has 7 nitrogen and oxygen atoms in total. The molecule has 27 heavy (non-hydrogen) atoms.